The minimum atomic E-state index is -3.55. The number of methoxy groups -OCH3 is 1. The van der Waals surface area contributed by atoms with E-state index in [1.807, 2.05) is 13.1 Å². The smallest absolute Gasteiger partial charge is 0.244 e. The number of hydrogen-bond donors (Lipinski definition) is 2. The lowest BCUT2D eigenvalue weighted by Crippen LogP contribution is -2.33. The van der Waals surface area contributed by atoms with Crippen LogP contribution in [0.25, 0.3) is 0 Å². The lowest BCUT2D eigenvalue weighted by atomic mass is 10.1. The van der Waals surface area contributed by atoms with Gasteiger partial charge in [-0.3, -0.25) is 0 Å². The van der Waals surface area contributed by atoms with Gasteiger partial charge in [-0.15, -0.1) is 0 Å². The Bertz CT molecular complexity index is 587. The highest BCUT2D eigenvalue weighted by atomic mass is 32.2. The maximum Gasteiger partial charge on any atom is 0.244 e. The Labute approximate surface area is 127 Å². The summed E-state index contributed by atoms with van der Waals surface area (Å²) in [5.41, 5.74) is 0.915. The second-order valence-corrected chi connectivity index (χ2v) is 7.43. The molecule has 6 heteroatoms. The van der Waals surface area contributed by atoms with Crippen molar-refractivity contribution in [3.05, 3.63) is 23.8 Å². The molecule has 1 aromatic carbocycles. The highest BCUT2D eigenvalue weighted by Crippen LogP contribution is 2.29. The molecule has 2 rings (SSSR count). The molecule has 2 atom stereocenters. The number of hydrogen-bond acceptors (Lipinski definition) is 4. The van der Waals surface area contributed by atoms with Crippen LogP contribution in [0.5, 0.6) is 5.75 Å². The monoisotopic (exact) mass is 312 g/mol. The van der Waals surface area contributed by atoms with Crippen molar-refractivity contribution in [1.29, 1.82) is 0 Å². The Hall–Kier alpha value is -1.11. The quantitative estimate of drug-likeness (QED) is 0.841. The van der Waals surface area contributed by atoms with Crippen LogP contribution in [0.2, 0.25) is 0 Å². The third-order valence-corrected chi connectivity index (χ3v) is 5.46. The van der Waals surface area contributed by atoms with Crippen LogP contribution in [0.3, 0.4) is 0 Å². The van der Waals surface area contributed by atoms with Crippen LogP contribution in [0.15, 0.2) is 23.1 Å². The number of nitrogens with one attached hydrogen (secondary N) is 2. The normalized spacial score (nSPS) is 22.4. The highest BCUT2D eigenvalue weighted by Gasteiger charge is 2.28. The zero-order chi connectivity index (χ0) is 15.5. The first kappa shape index (κ1) is 16.3. The van der Waals surface area contributed by atoms with Gasteiger partial charge < -0.3 is 10.1 Å². The van der Waals surface area contributed by atoms with Gasteiger partial charge in [-0.25, -0.2) is 13.1 Å². The molecule has 2 N–H and O–H groups in total. The van der Waals surface area contributed by atoms with E-state index in [-0.39, 0.29) is 10.9 Å². The molecule has 1 aromatic rings. The number of sulfonamides is 1. The Morgan fingerprint density at radius 2 is 2.10 bits per heavy atom. The Balaban J connectivity index is 2.27. The second kappa shape index (κ2) is 6.77. The van der Waals surface area contributed by atoms with Crippen LogP contribution < -0.4 is 14.8 Å². The van der Waals surface area contributed by atoms with E-state index in [4.69, 9.17) is 4.74 Å². The van der Waals surface area contributed by atoms with Gasteiger partial charge in [0, 0.05) is 12.6 Å². The topological polar surface area (TPSA) is 67.4 Å². The molecule has 1 saturated carbocycles. The number of ether oxygens (including phenoxy) is 1. The molecular formula is C15H24N2O3S. The molecule has 0 bridgehead atoms. The molecule has 5 nitrogen and oxygen atoms in total. The van der Waals surface area contributed by atoms with Crippen LogP contribution in [-0.4, -0.2) is 28.6 Å². The van der Waals surface area contributed by atoms with Crippen molar-refractivity contribution in [1.82, 2.24) is 10.0 Å². The van der Waals surface area contributed by atoms with E-state index in [0.29, 0.717) is 18.2 Å². The van der Waals surface area contributed by atoms with E-state index in [1.54, 1.807) is 12.1 Å². The molecule has 0 aliphatic heterocycles. The lowest BCUT2D eigenvalue weighted by molar-refractivity contribution is 0.401. The minimum absolute atomic E-state index is 0.0302. The first-order valence-electron chi connectivity index (χ1n) is 7.30. The molecule has 1 fully saturated rings. The summed E-state index contributed by atoms with van der Waals surface area (Å²) < 4.78 is 33.3. The molecule has 1 aliphatic carbocycles. The van der Waals surface area contributed by atoms with E-state index < -0.39 is 10.0 Å². The summed E-state index contributed by atoms with van der Waals surface area (Å²) in [5, 5.41) is 3.02. The van der Waals surface area contributed by atoms with Gasteiger partial charge >= 0.3 is 0 Å². The van der Waals surface area contributed by atoms with Crippen LogP contribution in [0, 0.1) is 5.92 Å². The molecule has 0 saturated heterocycles. The van der Waals surface area contributed by atoms with Crippen molar-refractivity contribution < 1.29 is 13.2 Å². The molecule has 1 aliphatic rings. The van der Waals surface area contributed by atoms with Gasteiger partial charge in [-0.05, 0) is 49.9 Å². The van der Waals surface area contributed by atoms with Crippen molar-refractivity contribution >= 4 is 10.0 Å². The van der Waals surface area contributed by atoms with Crippen LogP contribution >= 0.6 is 0 Å². The van der Waals surface area contributed by atoms with Crippen LogP contribution in [0.1, 0.15) is 31.7 Å². The molecule has 0 spiro atoms. The number of rotatable bonds is 6. The summed E-state index contributed by atoms with van der Waals surface area (Å²) in [6.07, 6.45) is 2.88. The molecule has 2 unspecified atom stereocenters. The molecule has 118 valence electrons. The fourth-order valence-corrected chi connectivity index (χ4v) is 4.34. The van der Waals surface area contributed by atoms with Gasteiger partial charge in [0.2, 0.25) is 10.0 Å². The van der Waals surface area contributed by atoms with Crippen LogP contribution in [0.4, 0.5) is 0 Å². The van der Waals surface area contributed by atoms with E-state index in [1.165, 1.54) is 7.11 Å². The zero-order valence-corrected chi connectivity index (χ0v) is 13.7. The molecular weight excluding hydrogens is 288 g/mol. The van der Waals surface area contributed by atoms with Gasteiger partial charge in [-0.1, -0.05) is 13.0 Å². The van der Waals surface area contributed by atoms with Gasteiger partial charge in [0.1, 0.15) is 10.6 Å². The third kappa shape index (κ3) is 3.96. The van der Waals surface area contributed by atoms with Crippen LogP contribution in [-0.2, 0) is 16.6 Å². The SMILES string of the molecule is CNCc1ccc(OC)c(S(=O)(=O)NC2CCC(C)C2)c1. The summed E-state index contributed by atoms with van der Waals surface area (Å²) in [4.78, 5) is 0.220. The second-order valence-electron chi connectivity index (χ2n) is 5.75. The standard InChI is InChI=1S/C15H24N2O3S/c1-11-4-6-13(8-11)17-21(18,19)15-9-12(10-16-2)5-7-14(15)20-3/h5,7,9,11,13,16-17H,4,6,8,10H2,1-3H3. The average Bonchev–Trinajstić information content (AvgIpc) is 2.83. The fraction of sp³-hybridized carbons (Fsp3) is 0.600. The Kier molecular flexibility index (Phi) is 5.24. The van der Waals surface area contributed by atoms with Gasteiger partial charge in [0.05, 0.1) is 7.11 Å². The van der Waals surface area contributed by atoms with Crippen molar-refractivity contribution in [2.24, 2.45) is 5.92 Å². The molecule has 0 heterocycles. The minimum Gasteiger partial charge on any atom is -0.495 e. The first-order valence-corrected chi connectivity index (χ1v) is 8.78. The van der Waals surface area contributed by atoms with Gasteiger partial charge in [0.25, 0.3) is 0 Å². The van der Waals surface area contributed by atoms with E-state index in [0.717, 1.165) is 24.8 Å². The van der Waals surface area contributed by atoms with E-state index >= 15 is 0 Å². The molecule has 0 amide bonds. The van der Waals surface area contributed by atoms with Crippen molar-refractivity contribution in [3.63, 3.8) is 0 Å². The summed E-state index contributed by atoms with van der Waals surface area (Å²) >= 11 is 0. The van der Waals surface area contributed by atoms with E-state index in [2.05, 4.69) is 17.0 Å². The van der Waals surface area contributed by atoms with Gasteiger partial charge in [-0.2, -0.15) is 0 Å². The summed E-state index contributed by atoms with van der Waals surface area (Å²) in [5.74, 6) is 0.962. The summed E-state index contributed by atoms with van der Waals surface area (Å²) in [6, 6.07) is 5.28. The summed E-state index contributed by atoms with van der Waals surface area (Å²) in [7, 11) is -0.234. The highest BCUT2D eigenvalue weighted by molar-refractivity contribution is 7.89. The van der Waals surface area contributed by atoms with Crippen molar-refractivity contribution in [3.8, 4) is 5.75 Å². The molecule has 21 heavy (non-hydrogen) atoms. The predicted octanol–water partition coefficient (Wildman–Crippen LogP) is 1.88. The predicted molar refractivity (Wildman–Crippen MR) is 82.9 cm³/mol. The average molecular weight is 312 g/mol. The maximum absolute atomic E-state index is 12.6. The lowest BCUT2D eigenvalue weighted by Gasteiger charge is -2.16. The Morgan fingerprint density at radius 3 is 2.67 bits per heavy atom. The van der Waals surface area contributed by atoms with Crippen molar-refractivity contribution in [2.45, 2.75) is 43.7 Å². The molecule has 0 aromatic heterocycles. The van der Waals surface area contributed by atoms with E-state index in [9.17, 15) is 8.42 Å². The zero-order valence-electron chi connectivity index (χ0n) is 12.8. The first-order chi connectivity index (χ1) is 9.96. The summed E-state index contributed by atoms with van der Waals surface area (Å²) in [6.45, 7) is 2.77. The fourth-order valence-electron chi connectivity index (χ4n) is 2.84. The third-order valence-electron chi connectivity index (χ3n) is 3.92. The Morgan fingerprint density at radius 1 is 1.33 bits per heavy atom. The van der Waals surface area contributed by atoms with Crippen molar-refractivity contribution in [2.75, 3.05) is 14.2 Å². The largest absolute Gasteiger partial charge is 0.495 e. The molecule has 0 radical (unpaired) electrons. The van der Waals surface area contributed by atoms with Gasteiger partial charge in [0.15, 0.2) is 0 Å². The maximum atomic E-state index is 12.6. The number of benzene rings is 1.